The zero-order valence-corrected chi connectivity index (χ0v) is 19.5. The number of halogens is 3. The van der Waals surface area contributed by atoms with Crippen LogP contribution in [-0.2, 0) is 17.5 Å². The second-order valence-corrected chi connectivity index (χ2v) is 8.75. The summed E-state index contributed by atoms with van der Waals surface area (Å²) in [4.78, 5) is 12.4. The van der Waals surface area contributed by atoms with Crippen molar-refractivity contribution in [3.8, 4) is 11.5 Å². The molecule has 182 valence electrons. The quantitative estimate of drug-likeness (QED) is 0.495. The lowest BCUT2D eigenvalue weighted by atomic mass is 9.99. The molecule has 0 radical (unpaired) electrons. The topological polar surface area (TPSA) is 78.4 Å². The van der Waals surface area contributed by atoms with E-state index in [1.165, 1.54) is 6.07 Å². The summed E-state index contributed by atoms with van der Waals surface area (Å²) in [5.74, 6) is 2.02. The molecule has 4 rings (SSSR count). The second-order valence-electron chi connectivity index (χ2n) is 8.75. The fourth-order valence-electron chi connectivity index (χ4n) is 4.03. The van der Waals surface area contributed by atoms with Gasteiger partial charge >= 0.3 is 6.18 Å². The number of benzene rings is 1. The number of hydrogen-bond acceptors (Lipinski definition) is 7. The van der Waals surface area contributed by atoms with Crippen LogP contribution in [0.4, 0.5) is 19.0 Å². The first-order valence-corrected chi connectivity index (χ1v) is 11.0. The van der Waals surface area contributed by atoms with Crippen LogP contribution in [-0.4, -0.2) is 40.4 Å². The molecule has 0 bridgehead atoms. The molecule has 1 aliphatic heterocycles. The fourth-order valence-corrected chi connectivity index (χ4v) is 4.03. The van der Waals surface area contributed by atoms with Crippen LogP contribution in [0.1, 0.15) is 43.8 Å². The van der Waals surface area contributed by atoms with Crippen molar-refractivity contribution in [3.63, 3.8) is 0 Å². The number of methoxy groups -OCH3 is 1. The molecule has 1 atom stereocenters. The first-order valence-electron chi connectivity index (χ1n) is 11.0. The molecule has 1 saturated heterocycles. The summed E-state index contributed by atoms with van der Waals surface area (Å²) in [6.45, 7) is 6.52. The second kappa shape index (κ2) is 9.25. The van der Waals surface area contributed by atoms with Gasteiger partial charge in [-0.3, -0.25) is 4.98 Å². The van der Waals surface area contributed by atoms with Crippen molar-refractivity contribution in [2.75, 3.05) is 19.0 Å². The number of alkyl halides is 3. The number of anilines is 1. The van der Waals surface area contributed by atoms with Crippen molar-refractivity contribution in [2.24, 2.45) is 0 Å². The lowest BCUT2D eigenvalue weighted by molar-refractivity contribution is -0.141. The molecule has 0 spiro atoms. The Morgan fingerprint density at radius 3 is 2.62 bits per heavy atom. The summed E-state index contributed by atoms with van der Waals surface area (Å²) in [6.07, 6.45) is -1.52. The van der Waals surface area contributed by atoms with Crippen LogP contribution < -0.4 is 14.8 Å². The van der Waals surface area contributed by atoms with Gasteiger partial charge in [-0.1, -0.05) is 0 Å². The molecule has 0 amide bonds. The molecular formula is C24H27F3N4O3. The number of nitrogens with zero attached hydrogens (tertiary/aromatic N) is 3. The zero-order valence-electron chi connectivity index (χ0n) is 19.5. The molecule has 1 unspecified atom stereocenters. The number of ether oxygens (including phenoxy) is 3. The summed E-state index contributed by atoms with van der Waals surface area (Å²) in [7, 11) is 1.56. The summed E-state index contributed by atoms with van der Waals surface area (Å²) < 4.78 is 56.8. The van der Waals surface area contributed by atoms with Crippen LogP contribution in [0.5, 0.6) is 11.5 Å². The fraction of sp³-hybridized carbons (Fsp3) is 0.458. The van der Waals surface area contributed by atoms with Gasteiger partial charge in [-0.25, -0.2) is 9.97 Å². The van der Waals surface area contributed by atoms with Crippen molar-refractivity contribution in [1.82, 2.24) is 15.0 Å². The Labute approximate surface area is 195 Å². The van der Waals surface area contributed by atoms with Gasteiger partial charge < -0.3 is 19.5 Å². The third-order valence-corrected chi connectivity index (χ3v) is 5.75. The highest BCUT2D eigenvalue weighted by molar-refractivity contribution is 5.91. The highest BCUT2D eigenvalue weighted by Gasteiger charge is 2.36. The van der Waals surface area contributed by atoms with Crippen molar-refractivity contribution < 1.29 is 27.4 Å². The Morgan fingerprint density at radius 1 is 1.15 bits per heavy atom. The largest absolute Gasteiger partial charge is 0.493 e. The van der Waals surface area contributed by atoms with E-state index in [9.17, 15) is 13.2 Å². The summed E-state index contributed by atoms with van der Waals surface area (Å²) in [6, 6.07) is 6.11. The minimum absolute atomic E-state index is 0.0470. The Kier molecular flexibility index (Phi) is 6.53. The lowest BCUT2D eigenvalue weighted by Gasteiger charge is -2.32. The minimum atomic E-state index is -4.51. The van der Waals surface area contributed by atoms with Gasteiger partial charge in [-0.15, -0.1) is 0 Å². The maximum Gasteiger partial charge on any atom is 0.433 e. The normalized spacial score (nSPS) is 16.6. The van der Waals surface area contributed by atoms with Crippen LogP contribution >= 0.6 is 0 Å². The molecule has 3 heterocycles. The maximum atomic E-state index is 13.0. The van der Waals surface area contributed by atoms with Gasteiger partial charge in [0.05, 0.1) is 18.7 Å². The van der Waals surface area contributed by atoms with E-state index in [-0.39, 0.29) is 12.6 Å². The standard InChI is InChI=1S/C24H27F3N4O3/c1-14-30-17-12-18(32-4)19(34-23(2,3)21-6-5-9-33-21)11-16(17)22(31-14)29-13-15-7-8-28-20(10-15)24(25,26)27/h7-8,10-12,21H,5-6,9,13H2,1-4H3,(H,29,30,31). The molecule has 10 heteroatoms. The van der Waals surface area contributed by atoms with E-state index in [1.807, 2.05) is 13.8 Å². The highest BCUT2D eigenvalue weighted by atomic mass is 19.4. The van der Waals surface area contributed by atoms with Gasteiger partial charge in [0.15, 0.2) is 11.5 Å². The Hall–Kier alpha value is -3.14. The van der Waals surface area contributed by atoms with Gasteiger partial charge in [0.25, 0.3) is 0 Å². The van der Waals surface area contributed by atoms with Crippen LogP contribution in [0.25, 0.3) is 10.9 Å². The number of fused-ring (bicyclic) bond motifs is 1. The van der Waals surface area contributed by atoms with E-state index in [0.29, 0.717) is 46.2 Å². The number of rotatable bonds is 7. The number of nitrogens with one attached hydrogen (secondary N) is 1. The molecule has 34 heavy (non-hydrogen) atoms. The molecule has 2 aromatic heterocycles. The SMILES string of the molecule is COc1cc2nc(C)nc(NCc3ccnc(C(F)(F)F)c3)c2cc1OC(C)(C)C1CCCO1. The molecule has 0 aliphatic carbocycles. The third kappa shape index (κ3) is 5.16. The minimum Gasteiger partial charge on any atom is -0.493 e. The van der Waals surface area contributed by atoms with E-state index in [0.717, 1.165) is 25.1 Å². The summed E-state index contributed by atoms with van der Waals surface area (Å²) in [5.41, 5.74) is -0.481. The van der Waals surface area contributed by atoms with Crippen molar-refractivity contribution in [3.05, 3.63) is 47.5 Å². The van der Waals surface area contributed by atoms with Crippen molar-refractivity contribution in [2.45, 2.75) is 58.0 Å². The first-order chi connectivity index (χ1) is 16.1. The van der Waals surface area contributed by atoms with Gasteiger partial charge in [0, 0.05) is 30.8 Å². The monoisotopic (exact) mass is 476 g/mol. The predicted octanol–water partition coefficient (Wildman–Crippen LogP) is 5.31. The van der Waals surface area contributed by atoms with Gasteiger partial charge in [-0.05, 0) is 57.4 Å². The zero-order chi connectivity index (χ0) is 24.5. The summed E-state index contributed by atoms with van der Waals surface area (Å²) >= 11 is 0. The average molecular weight is 476 g/mol. The van der Waals surface area contributed by atoms with E-state index in [2.05, 4.69) is 20.3 Å². The molecular weight excluding hydrogens is 449 g/mol. The van der Waals surface area contributed by atoms with E-state index in [1.54, 1.807) is 26.2 Å². The molecule has 7 nitrogen and oxygen atoms in total. The highest BCUT2D eigenvalue weighted by Crippen LogP contribution is 2.38. The van der Waals surface area contributed by atoms with Crippen molar-refractivity contribution >= 4 is 16.7 Å². The molecule has 0 saturated carbocycles. The van der Waals surface area contributed by atoms with Crippen LogP contribution in [0.15, 0.2) is 30.5 Å². The van der Waals surface area contributed by atoms with E-state index < -0.39 is 17.5 Å². The van der Waals surface area contributed by atoms with E-state index >= 15 is 0 Å². The number of aromatic nitrogens is 3. The molecule has 3 aromatic rings. The Morgan fingerprint density at radius 2 is 1.94 bits per heavy atom. The maximum absolute atomic E-state index is 13.0. The van der Waals surface area contributed by atoms with Crippen LogP contribution in [0, 0.1) is 6.92 Å². The van der Waals surface area contributed by atoms with Crippen LogP contribution in [0.3, 0.4) is 0 Å². The lowest BCUT2D eigenvalue weighted by Crippen LogP contribution is -2.41. The number of aryl methyl sites for hydroxylation is 1. The Bertz CT molecular complexity index is 1180. The number of pyridine rings is 1. The van der Waals surface area contributed by atoms with Gasteiger partial charge in [0.2, 0.25) is 0 Å². The predicted molar refractivity (Wildman–Crippen MR) is 121 cm³/mol. The smallest absolute Gasteiger partial charge is 0.433 e. The third-order valence-electron chi connectivity index (χ3n) is 5.75. The van der Waals surface area contributed by atoms with Gasteiger partial charge in [-0.2, -0.15) is 13.2 Å². The Balaban J connectivity index is 1.66. The average Bonchev–Trinajstić information content (AvgIpc) is 3.33. The van der Waals surface area contributed by atoms with Crippen LogP contribution in [0.2, 0.25) is 0 Å². The molecule has 1 aromatic carbocycles. The summed E-state index contributed by atoms with van der Waals surface area (Å²) in [5, 5.41) is 3.80. The molecule has 1 aliphatic rings. The number of hydrogen-bond donors (Lipinski definition) is 1. The van der Waals surface area contributed by atoms with Crippen molar-refractivity contribution in [1.29, 1.82) is 0 Å². The van der Waals surface area contributed by atoms with E-state index in [4.69, 9.17) is 14.2 Å². The molecule has 1 N–H and O–H groups in total. The van der Waals surface area contributed by atoms with Gasteiger partial charge in [0.1, 0.15) is 22.9 Å². The molecule has 1 fully saturated rings. The first kappa shape index (κ1) is 24.0.